The summed E-state index contributed by atoms with van der Waals surface area (Å²) >= 11 is 6.13. The molecular weight excluding hydrogens is 441 g/mol. The van der Waals surface area contributed by atoms with E-state index in [1.54, 1.807) is 4.57 Å². The fourth-order valence-corrected chi connectivity index (χ4v) is 5.14. The number of aliphatic hydroxyl groups is 1. The molecule has 1 aliphatic heterocycles. The Morgan fingerprint density at radius 1 is 1.34 bits per heavy atom. The van der Waals surface area contributed by atoms with Crippen molar-refractivity contribution in [1.29, 1.82) is 0 Å². The number of nitrogens with zero attached hydrogens (tertiary/aromatic N) is 3. The molecule has 2 aliphatic rings. The Bertz CT molecular complexity index is 1100. The summed E-state index contributed by atoms with van der Waals surface area (Å²) in [7, 11) is 1.45. The second-order valence-electron chi connectivity index (χ2n) is 8.26. The zero-order valence-electron chi connectivity index (χ0n) is 17.3. The lowest BCUT2D eigenvalue weighted by Crippen LogP contribution is -2.39. The molecular formula is C21H23ClFN5O4. The lowest BCUT2D eigenvalue weighted by atomic mass is 9.71. The number of rotatable bonds is 4. The minimum atomic E-state index is -1.07. The van der Waals surface area contributed by atoms with Crippen LogP contribution in [0, 0.1) is 11.2 Å². The van der Waals surface area contributed by atoms with Gasteiger partial charge in [0.05, 0.1) is 22.5 Å². The Labute approximate surface area is 188 Å². The second kappa shape index (κ2) is 8.18. The Hall–Kier alpha value is -2.98. The summed E-state index contributed by atoms with van der Waals surface area (Å²) < 4.78 is 15.1. The molecule has 1 saturated carbocycles. The average molecular weight is 464 g/mol. The summed E-state index contributed by atoms with van der Waals surface area (Å²) in [5.74, 6) is -2.05. The number of aromatic nitrogens is 2. The number of imidazole rings is 1. The van der Waals surface area contributed by atoms with Gasteiger partial charge >= 0.3 is 0 Å². The fraction of sp³-hybridized carbons (Fsp3) is 0.429. The largest absolute Gasteiger partial charge is 0.373 e. The third-order valence-corrected chi connectivity index (χ3v) is 6.79. The first-order valence-corrected chi connectivity index (χ1v) is 10.6. The maximum absolute atomic E-state index is 13.4. The van der Waals surface area contributed by atoms with Gasteiger partial charge in [-0.3, -0.25) is 19.3 Å². The van der Waals surface area contributed by atoms with Crippen molar-refractivity contribution < 1.29 is 23.9 Å². The number of benzene rings is 1. The number of halogens is 2. The van der Waals surface area contributed by atoms with Crippen LogP contribution in [0.15, 0.2) is 24.5 Å². The molecule has 9 nitrogen and oxygen atoms in total. The molecule has 0 unspecified atom stereocenters. The van der Waals surface area contributed by atoms with Crippen molar-refractivity contribution in [3.8, 4) is 0 Å². The number of primary amides is 1. The SMILES string of the molecule is CNC(=O)c1c(C(N)=O)ncn1C1CCC2(CC1)C[C@@H](O)N(c1ccc(F)cc1Cl)C2=O. The molecule has 1 atom stereocenters. The number of anilines is 1. The van der Waals surface area contributed by atoms with Crippen LogP contribution in [0.4, 0.5) is 10.1 Å². The zero-order chi connectivity index (χ0) is 23.2. The van der Waals surface area contributed by atoms with Gasteiger partial charge in [0, 0.05) is 19.5 Å². The number of carbonyl (C=O) groups is 3. The molecule has 32 heavy (non-hydrogen) atoms. The quantitative estimate of drug-likeness (QED) is 0.638. The maximum atomic E-state index is 13.4. The van der Waals surface area contributed by atoms with E-state index in [9.17, 15) is 23.9 Å². The van der Waals surface area contributed by atoms with Gasteiger partial charge in [-0.25, -0.2) is 9.37 Å². The highest BCUT2D eigenvalue weighted by atomic mass is 35.5. The lowest BCUT2D eigenvalue weighted by molar-refractivity contribution is -0.127. The van der Waals surface area contributed by atoms with Crippen LogP contribution in [0.5, 0.6) is 0 Å². The number of hydrogen-bond donors (Lipinski definition) is 3. The maximum Gasteiger partial charge on any atom is 0.270 e. The van der Waals surface area contributed by atoms with Crippen LogP contribution in [0.25, 0.3) is 0 Å². The highest BCUT2D eigenvalue weighted by molar-refractivity contribution is 6.34. The first-order valence-electron chi connectivity index (χ1n) is 10.2. The highest BCUT2D eigenvalue weighted by Gasteiger charge is 2.53. The Kier molecular flexibility index (Phi) is 5.68. The molecule has 4 rings (SSSR count). The van der Waals surface area contributed by atoms with E-state index in [1.807, 2.05) is 0 Å². The summed E-state index contributed by atoms with van der Waals surface area (Å²) in [6.07, 6.45) is 2.55. The topological polar surface area (TPSA) is 131 Å². The van der Waals surface area contributed by atoms with E-state index in [4.69, 9.17) is 17.3 Å². The number of nitrogens with one attached hydrogen (secondary N) is 1. The van der Waals surface area contributed by atoms with Crippen molar-refractivity contribution in [2.24, 2.45) is 11.1 Å². The number of carbonyl (C=O) groups excluding carboxylic acids is 3. The molecule has 11 heteroatoms. The number of hydrogen-bond acceptors (Lipinski definition) is 5. The van der Waals surface area contributed by atoms with E-state index in [1.165, 1.54) is 30.4 Å². The Morgan fingerprint density at radius 3 is 2.62 bits per heavy atom. The normalized spacial score (nSPS) is 25.4. The first-order chi connectivity index (χ1) is 15.2. The monoisotopic (exact) mass is 463 g/mol. The number of amides is 3. The molecule has 2 aromatic rings. The molecule has 1 aromatic heterocycles. The molecule has 1 spiro atoms. The molecule has 4 N–H and O–H groups in total. The molecule has 2 heterocycles. The molecule has 0 bridgehead atoms. The Balaban J connectivity index is 1.57. The first kappa shape index (κ1) is 22.2. The highest BCUT2D eigenvalue weighted by Crippen LogP contribution is 2.51. The molecule has 1 aromatic carbocycles. The van der Waals surface area contributed by atoms with Crippen molar-refractivity contribution >= 4 is 35.0 Å². The van der Waals surface area contributed by atoms with Gasteiger partial charge in [-0.2, -0.15) is 0 Å². The third kappa shape index (κ3) is 3.53. The van der Waals surface area contributed by atoms with Crippen LogP contribution in [0.1, 0.15) is 59.1 Å². The minimum Gasteiger partial charge on any atom is -0.373 e. The van der Waals surface area contributed by atoms with E-state index in [2.05, 4.69) is 10.3 Å². The van der Waals surface area contributed by atoms with Crippen LogP contribution >= 0.6 is 11.6 Å². The standard InChI is InChI=1S/C21H23ClFN5O4/c1-25-19(31)17-16(18(24)30)26-10-27(17)12-4-6-21(7-5-12)9-15(29)28(20(21)32)14-3-2-11(23)8-13(14)22/h2-3,8,10,12,15,29H,4-7,9H2,1H3,(H2,24,30)(H,25,31)/t12?,15-,21?/m1/s1. The van der Waals surface area contributed by atoms with Gasteiger partial charge in [-0.15, -0.1) is 0 Å². The number of nitrogens with two attached hydrogens (primary N) is 1. The molecule has 3 amide bonds. The predicted molar refractivity (Wildman–Crippen MR) is 114 cm³/mol. The van der Waals surface area contributed by atoms with Crippen molar-refractivity contribution in [1.82, 2.24) is 14.9 Å². The van der Waals surface area contributed by atoms with Gasteiger partial charge in [0.15, 0.2) is 5.69 Å². The van der Waals surface area contributed by atoms with Crippen LogP contribution < -0.4 is 16.0 Å². The summed E-state index contributed by atoms with van der Waals surface area (Å²) in [4.78, 5) is 42.7. The molecule has 170 valence electrons. The summed E-state index contributed by atoms with van der Waals surface area (Å²) in [6.45, 7) is 0. The van der Waals surface area contributed by atoms with Gasteiger partial charge < -0.3 is 20.7 Å². The Morgan fingerprint density at radius 2 is 2.03 bits per heavy atom. The molecule has 1 aliphatic carbocycles. The van der Waals surface area contributed by atoms with E-state index < -0.39 is 29.3 Å². The number of aliphatic hydroxyl groups excluding tert-OH is 1. The van der Waals surface area contributed by atoms with Crippen LogP contribution in [-0.4, -0.2) is 45.7 Å². The van der Waals surface area contributed by atoms with Crippen LogP contribution in [0.3, 0.4) is 0 Å². The van der Waals surface area contributed by atoms with Gasteiger partial charge in [0.1, 0.15) is 17.7 Å². The minimum absolute atomic E-state index is 0.0516. The zero-order valence-corrected chi connectivity index (χ0v) is 18.1. The molecule has 1 saturated heterocycles. The second-order valence-corrected chi connectivity index (χ2v) is 8.67. The van der Waals surface area contributed by atoms with Crippen molar-refractivity contribution in [2.45, 2.75) is 44.4 Å². The van der Waals surface area contributed by atoms with E-state index >= 15 is 0 Å². The summed E-state index contributed by atoms with van der Waals surface area (Å²) in [5, 5.41) is 13.2. The third-order valence-electron chi connectivity index (χ3n) is 6.49. The van der Waals surface area contributed by atoms with Crippen LogP contribution in [-0.2, 0) is 4.79 Å². The fourth-order valence-electron chi connectivity index (χ4n) is 4.88. The van der Waals surface area contributed by atoms with E-state index in [-0.39, 0.29) is 40.5 Å². The lowest BCUT2D eigenvalue weighted by Gasteiger charge is -2.36. The summed E-state index contributed by atoms with van der Waals surface area (Å²) in [5.41, 5.74) is 4.84. The van der Waals surface area contributed by atoms with Crippen molar-refractivity contribution in [2.75, 3.05) is 11.9 Å². The van der Waals surface area contributed by atoms with Gasteiger partial charge in [0.25, 0.3) is 11.8 Å². The smallest absolute Gasteiger partial charge is 0.270 e. The van der Waals surface area contributed by atoms with Crippen molar-refractivity contribution in [3.05, 3.63) is 46.8 Å². The van der Waals surface area contributed by atoms with Crippen molar-refractivity contribution in [3.63, 3.8) is 0 Å². The predicted octanol–water partition coefficient (Wildman–Crippen LogP) is 1.99. The molecule has 0 radical (unpaired) electrons. The van der Waals surface area contributed by atoms with Gasteiger partial charge in [-0.05, 0) is 43.9 Å². The average Bonchev–Trinajstić information content (AvgIpc) is 3.29. The van der Waals surface area contributed by atoms with Crippen LogP contribution in [0.2, 0.25) is 5.02 Å². The summed E-state index contributed by atoms with van der Waals surface area (Å²) in [6, 6.07) is 3.52. The van der Waals surface area contributed by atoms with Gasteiger partial charge in [-0.1, -0.05) is 11.6 Å². The molecule has 2 fully saturated rings. The van der Waals surface area contributed by atoms with Gasteiger partial charge in [0.2, 0.25) is 5.91 Å². The van der Waals surface area contributed by atoms with E-state index in [0.717, 1.165) is 6.07 Å². The van der Waals surface area contributed by atoms with E-state index in [0.29, 0.717) is 25.7 Å².